The van der Waals surface area contributed by atoms with Crippen LogP contribution >= 0.6 is 0 Å². The van der Waals surface area contributed by atoms with Crippen LogP contribution in [0.3, 0.4) is 0 Å². The Hall–Kier alpha value is -3.39. The van der Waals surface area contributed by atoms with E-state index in [1.165, 1.54) is 4.90 Å². The Morgan fingerprint density at radius 2 is 1.69 bits per heavy atom. The van der Waals surface area contributed by atoms with E-state index >= 15 is 0 Å². The average Bonchev–Trinajstić information content (AvgIpc) is 3.36. The Kier molecular flexibility index (Phi) is 8.02. The van der Waals surface area contributed by atoms with Gasteiger partial charge in [0.05, 0.1) is 7.11 Å². The Morgan fingerprint density at radius 3 is 2.43 bits per heavy atom. The molecule has 1 aliphatic heterocycles. The number of hydrogen-bond acceptors (Lipinski definition) is 5. The summed E-state index contributed by atoms with van der Waals surface area (Å²) in [7, 11) is 1.54. The maximum absolute atomic E-state index is 13.5. The standard InChI is InChI=1S/C27H34N4O4/c1-35-23-12-6-11-22(16-23)27(34)31-14-13-30(26(33)21-9-3-2-4-10-21)25(31)24(32)29-18-20-8-5-7-19(15-20)17-28/h5-8,11-12,15-16,21,25H,2-4,9-10,13-14,17-18,28H2,1H3,(H,29,32). The zero-order chi connectivity index (χ0) is 24.8. The Labute approximate surface area is 206 Å². The predicted molar refractivity (Wildman–Crippen MR) is 132 cm³/mol. The number of methoxy groups -OCH3 is 1. The summed E-state index contributed by atoms with van der Waals surface area (Å²) in [6, 6.07) is 14.5. The molecule has 4 rings (SSSR count). The highest BCUT2D eigenvalue weighted by Gasteiger charge is 2.44. The number of carbonyl (C=O) groups is 3. The molecule has 3 N–H and O–H groups in total. The van der Waals surface area contributed by atoms with Gasteiger partial charge in [-0.05, 0) is 42.2 Å². The summed E-state index contributed by atoms with van der Waals surface area (Å²) in [5.41, 5.74) is 8.05. The highest BCUT2D eigenvalue weighted by molar-refractivity contribution is 5.99. The van der Waals surface area contributed by atoms with Crippen molar-refractivity contribution in [1.82, 2.24) is 15.1 Å². The van der Waals surface area contributed by atoms with Gasteiger partial charge >= 0.3 is 0 Å². The van der Waals surface area contributed by atoms with E-state index in [4.69, 9.17) is 10.5 Å². The van der Waals surface area contributed by atoms with E-state index in [-0.39, 0.29) is 30.2 Å². The number of ether oxygens (including phenoxy) is 1. The van der Waals surface area contributed by atoms with Gasteiger partial charge in [-0.15, -0.1) is 0 Å². The van der Waals surface area contributed by atoms with Crippen molar-refractivity contribution in [2.75, 3.05) is 20.2 Å². The second-order valence-electron chi connectivity index (χ2n) is 9.21. The van der Waals surface area contributed by atoms with Crippen LogP contribution in [0, 0.1) is 5.92 Å². The van der Waals surface area contributed by atoms with Gasteiger partial charge in [0.15, 0.2) is 6.17 Å². The number of amides is 3. The van der Waals surface area contributed by atoms with E-state index < -0.39 is 6.17 Å². The summed E-state index contributed by atoms with van der Waals surface area (Å²) in [4.78, 5) is 43.5. The molecule has 1 atom stereocenters. The molecule has 0 radical (unpaired) electrons. The lowest BCUT2D eigenvalue weighted by molar-refractivity contribution is -0.145. The first-order chi connectivity index (χ1) is 17.0. The highest BCUT2D eigenvalue weighted by Crippen LogP contribution is 2.29. The zero-order valence-corrected chi connectivity index (χ0v) is 20.2. The molecule has 2 aromatic rings. The number of nitrogens with zero attached hydrogens (tertiary/aromatic N) is 2. The molecule has 2 aromatic carbocycles. The highest BCUT2D eigenvalue weighted by atomic mass is 16.5. The van der Waals surface area contributed by atoms with Gasteiger partial charge in [-0.2, -0.15) is 0 Å². The molecule has 2 fully saturated rings. The smallest absolute Gasteiger partial charge is 0.264 e. The molecule has 1 aliphatic carbocycles. The number of carbonyl (C=O) groups excluding carboxylic acids is 3. The summed E-state index contributed by atoms with van der Waals surface area (Å²) < 4.78 is 5.26. The van der Waals surface area contributed by atoms with Gasteiger partial charge < -0.3 is 25.6 Å². The number of rotatable bonds is 7. The molecule has 8 nitrogen and oxygen atoms in total. The molecular weight excluding hydrogens is 444 g/mol. The van der Waals surface area contributed by atoms with E-state index in [1.807, 2.05) is 24.3 Å². The summed E-state index contributed by atoms with van der Waals surface area (Å²) in [6.07, 6.45) is 3.85. The zero-order valence-electron chi connectivity index (χ0n) is 20.2. The maximum atomic E-state index is 13.5. The molecule has 0 spiro atoms. The summed E-state index contributed by atoms with van der Waals surface area (Å²) >= 11 is 0. The van der Waals surface area contributed by atoms with Crippen molar-refractivity contribution in [2.24, 2.45) is 11.7 Å². The van der Waals surface area contributed by atoms with Crippen LogP contribution in [0.1, 0.15) is 53.6 Å². The summed E-state index contributed by atoms with van der Waals surface area (Å²) in [6.45, 7) is 1.34. The Morgan fingerprint density at radius 1 is 0.971 bits per heavy atom. The minimum atomic E-state index is -0.985. The maximum Gasteiger partial charge on any atom is 0.264 e. The lowest BCUT2D eigenvalue weighted by Crippen LogP contribution is -2.54. The molecule has 1 saturated heterocycles. The second kappa shape index (κ2) is 11.4. The van der Waals surface area contributed by atoms with Gasteiger partial charge in [0, 0.05) is 37.7 Å². The van der Waals surface area contributed by atoms with Crippen molar-refractivity contribution in [1.29, 1.82) is 0 Å². The van der Waals surface area contributed by atoms with Gasteiger partial charge in [-0.1, -0.05) is 49.6 Å². The molecule has 0 bridgehead atoms. The van der Waals surface area contributed by atoms with Crippen molar-refractivity contribution in [2.45, 2.75) is 51.4 Å². The van der Waals surface area contributed by atoms with Crippen LogP contribution < -0.4 is 15.8 Å². The molecule has 0 aromatic heterocycles. The Balaban J connectivity index is 1.56. The second-order valence-corrected chi connectivity index (χ2v) is 9.21. The predicted octanol–water partition coefficient (Wildman–Crippen LogP) is 2.66. The van der Waals surface area contributed by atoms with Crippen LogP contribution in [0.2, 0.25) is 0 Å². The molecule has 1 heterocycles. The van der Waals surface area contributed by atoms with E-state index in [0.29, 0.717) is 30.9 Å². The fraction of sp³-hybridized carbons (Fsp3) is 0.444. The monoisotopic (exact) mass is 478 g/mol. The molecule has 35 heavy (non-hydrogen) atoms. The topological polar surface area (TPSA) is 105 Å². The normalized spacial score (nSPS) is 18.4. The lowest BCUT2D eigenvalue weighted by Gasteiger charge is -2.32. The number of benzene rings is 2. The van der Waals surface area contributed by atoms with Crippen LogP contribution in [0.5, 0.6) is 5.75 Å². The fourth-order valence-electron chi connectivity index (χ4n) is 5.01. The molecular formula is C27H34N4O4. The van der Waals surface area contributed by atoms with Gasteiger partial charge in [0.1, 0.15) is 5.75 Å². The first kappa shape index (κ1) is 24.7. The fourth-order valence-corrected chi connectivity index (χ4v) is 5.01. The minimum Gasteiger partial charge on any atom is -0.497 e. The Bertz CT molecular complexity index is 1070. The minimum absolute atomic E-state index is 0.0316. The van der Waals surface area contributed by atoms with E-state index in [0.717, 1.165) is 43.2 Å². The van der Waals surface area contributed by atoms with Gasteiger partial charge in [-0.3, -0.25) is 14.4 Å². The van der Waals surface area contributed by atoms with E-state index in [2.05, 4.69) is 5.32 Å². The van der Waals surface area contributed by atoms with Crippen LogP contribution in [0.15, 0.2) is 48.5 Å². The van der Waals surface area contributed by atoms with Crippen molar-refractivity contribution in [3.05, 3.63) is 65.2 Å². The van der Waals surface area contributed by atoms with Crippen LogP contribution in [0.25, 0.3) is 0 Å². The van der Waals surface area contributed by atoms with E-state index in [1.54, 1.807) is 36.3 Å². The van der Waals surface area contributed by atoms with Crippen molar-refractivity contribution in [3.8, 4) is 5.75 Å². The van der Waals surface area contributed by atoms with Crippen LogP contribution in [0.4, 0.5) is 0 Å². The number of nitrogens with two attached hydrogens (primary N) is 1. The van der Waals surface area contributed by atoms with Crippen LogP contribution in [-0.4, -0.2) is 53.9 Å². The largest absolute Gasteiger partial charge is 0.497 e. The first-order valence-corrected chi connectivity index (χ1v) is 12.3. The van der Waals surface area contributed by atoms with E-state index in [9.17, 15) is 14.4 Å². The molecule has 8 heteroatoms. The lowest BCUT2D eigenvalue weighted by atomic mass is 9.88. The molecule has 1 unspecified atom stereocenters. The third kappa shape index (κ3) is 5.65. The molecule has 2 aliphatic rings. The third-order valence-corrected chi connectivity index (χ3v) is 6.92. The van der Waals surface area contributed by atoms with Gasteiger partial charge in [-0.25, -0.2) is 0 Å². The number of hydrogen-bond donors (Lipinski definition) is 2. The van der Waals surface area contributed by atoms with Crippen molar-refractivity contribution in [3.63, 3.8) is 0 Å². The third-order valence-electron chi connectivity index (χ3n) is 6.92. The number of nitrogens with one attached hydrogen (secondary N) is 1. The quantitative estimate of drug-likeness (QED) is 0.637. The SMILES string of the molecule is COc1cccc(C(=O)N2CCN(C(=O)C3CCCCC3)C2C(=O)NCc2cccc(CN)c2)c1. The molecule has 186 valence electrons. The van der Waals surface area contributed by atoms with Crippen LogP contribution in [-0.2, 0) is 22.7 Å². The average molecular weight is 479 g/mol. The summed E-state index contributed by atoms with van der Waals surface area (Å²) in [5, 5.41) is 2.95. The van der Waals surface area contributed by atoms with Gasteiger partial charge in [0.25, 0.3) is 11.8 Å². The van der Waals surface area contributed by atoms with Gasteiger partial charge in [0.2, 0.25) is 5.91 Å². The summed E-state index contributed by atoms with van der Waals surface area (Å²) in [5.74, 6) is -0.219. The van der Waals surface area contributed by atoms with Crippen molar-refractivity contribution >= 4 is 17.7 Å². The first-order valence-electron chi connectivity index (χ1n) is 12.3. The molecule has 3 amide bonds. The molecule has 1 saturated carbocycles. The van der Waals surface area contributed by atoms with Crippen molar-refractivity contribution < 1.29 is 19.1 Å².